The molecule has 6 rings (SSSR count). The second-order valence-corrected chi connectivity index (χ2v) is 12.0. The van der Waals surface area contributed by atoms with Crippen molar-refractivity contribution in [3.8, 4) is 28.8 Å². The lowest BCUT2D eigenvalue weighted by molar-refractivity contribution is -0.128. The minimum atomic E-state index is -0.538. The van der Waals surface area contributed by atoms with Gasteiger partial charge in [0.25, 0.3) is 5.91 Å². The van der Waals surface area contributed by atoms with E-state index in [1.807, 2.05) is 39.1 Å². The van der Waals surface area contributed by atoms with Crippen molar-refractivity contribution in [2.24, 2.45) is 0 Å². The number of nitrogen functional groups attached to an aromatic ring is 1. The maximum atomic E-state index is 15.6. The van der Waals surface area contributed by atoms with Crippen LogP contribution in [0, 0.1) is 17.1 Å². The maximum absolute atomic E-state index is 15.6. The smallest absolute Gasteiger partial charge is 0.264 e. The number of nitrogens with zero attached hydrogens (tertiary/aromatic N) is 7. The number of amides is 1. The van der Waals surface area contributed by atoms with Gasteiger partial charge in [0.05, 0.1) is 30.7 Å². The van der Waals surface area contributed by atoms with Crippen LogP contribution in [0.25, 0.3) is 22.3 Å². The first-order valence-electron chi connectivity index (χ1n) is 14.9. The molecule has 0 aliphatic carbocycles. The number of nitriles is 1. The molecule has 2 aromatic heterocycles. The highest BCUT2D eigenvalue weighted by Gasteiger charge is 2.35. The number of anilines is 1. The van der Waals surface area contributed by atoms with Gasteiger partial charge in [-0.1, -0.05) is 18.2 Å². The van der Waals surface area contributed by atoms with Crippen molar-refractivity contribution < 1.29 is 18.7 Å². The standard InChI is InChI=1S/C33H35FN8O3/c1-33(2,40(3)23-18-44-19-23)15-21(16-35)32(43)41-13-7-8-22(17-41)42-31-28(30(36)37-20-38-31)29(39-42)26-12-11-25(14-27(26)34)45-24-9-5-4-6-10-24/h4-6,9-12,14-15,20,22-23H,7-8,13,17-19H2,1-3H3,(H2,36,37,38)/b21-15+. The average molecular weight is 611 g/mol. The molecule has 45 heavy (non-hydrogen) atoms. The minimum Gasteiger partial charge on any atom is -0.457 e. The Bertz CT molecular complexity index is 1790. The SMILES string of the molecule is CN(C1COC1)C(C)(C)/C=C(\C#N)C(=O)N1CCCC(n2nc(-c3ccc(Oc4ccccc4)cc3F)c3c(N)ncnc32)C1. The second-order valence-electron chi connectivity index (χ2n) is 12.0. The van der Waals surface area contributed by atoms with Crippen LogP contribution in [0.3, 0.4) is 0 Å². The summed E-state index contributed by atoms with van der Waals surface area (Å²) in [6, 6.07) is 15.8. The van der Waals surface area contributed by atoms with Gasteiger partial charge in [-0.05, 0) is 64.1 Å². The van der Waals surface area contributed by atoms with Crippen LogP contribution < -0.4 is 10.5 Å². The van der Waals surface area contributed by atoms with E-state index in [9.17, 15) is 10.1 Å². The third kappa shape index (κ3) is 5.96. The van der Waals surface area contributed by atoms with Crippen molar-refractivity contribution in [3.05, 3.63) is 72.3 Å². The highest BCUT2D eigenvalue weighted by Crippen LogP contribution is 2.36. The molecule has 2 saturated heterocycles. The number of piperidine rings is 1. The minimum absolute atomic E-state index is 0.0882. The quantitative estimate of drug-likeness (QED) is 0.222. The molecule has 2 fully saturated rings. The number of likely N-dealkylation sites (N-methyl/N-ethyl adjacent to an activating group) is 1. The van der Waals surface area contributed by atoms with Gasteiger partial charge in [-0.15, -0.1) is 0 Å². The molecule has 0 spiro atoms. The molecular weight excluding hydrogens is 575 g/mol. The summed E-state index contributed by atoms with van der Waals surface area (Å²) in [6.45, 7) is 6.02. The lowest BCUT2D eigenvalue weighted by Crippen LogP contribution is -2.55. The Balaban J connectivity index is 1.28. The van der Waals surface area contributed by atoms with Gasteiger partial charge in [0.1, 0.15) is 46.8 Å². The summed E-state index contributed by atoms with van der Waals surface area (Å²) in [5.74, 6) is 0.231. The van der Waals surface area contributed by atoms with Crippen LogP contribution in [0.1, 0.15) is 32.7 Å². The number of nitrogens with two attached hydrogens (primary N) is 1. The van der Waals surface area contributed by atoms with Crippen molar-refractivity contribution in [3.63, 3.8) is 0 Å². The molecule has 2 N–H and O–H groups in total. The zero-order chi connectivity index (χ0) is 31.7. The first-order valence-corrected chi connectivity index (χ1v) is 14.9. The second kappa shape index (κ2) is 12.3. The monoisotopic (exact) mass is 610 g/mol. The third-order valence-electron chi connectivity index (χ3n) is 8.65. The molecule has 2 aliphatic heterocycles. The van der Waals surface area contributed by atoms with E-state index in [1.54, 1.807) is 39.9 Å². The van der Waals surface area contributed by atoms with Crippen molar-refractivity contribution >= 4 is 22.8 Å². The fourth-order valence-corrected chi connectivity index (χ4v) is 5.84. The predicted molar refractivity (Wildman–Crippen MR) is 167 cm³/mol. The normalized spacial score (nSPS) is 17.7. The summed E-state index contributed by atoms with van der Waals surface area (Å²) in [5.41, 5.74) is 6.83. The first kappa shape index (κ1) is 30.2. The van der Waals surface area contributed by atoms with Gasteiger partial charge in [-0.25, -0.2) is 19.0 Å². The zero-order valence-electron chi connectivity index (χ0n) is 25.5. The van der Waals surface area contributed by atoms with E-state index in [4.69, 9.17) is 20.3 Å². The number of carbonyl (C=O) groups excluding carboxylic acids is 1. The lowest BCUT2D eigenvalue weighted by atomic mass is 9.96. The number of likely N-dealkylation sites (tertiary alicyclic amines) is 1. The number of fused-ring (bicyclic) bond motifs is 1. The van der Waals surface area contributed by atoms with Crippen LogP contribution in [0.2, 0.25) is 0 Å². The number of benzene rings is 2. The molecule has 1 unspecified atom stereocenters. The zero-order valence-corrected chi connectivity index (χ0v) is 25.5. The van der Waals surface area contributed by atoms with Crippen molar-refractivity contribution in [2.75, 3.05) is 39.1 Å². The summed E-state index contributed by atoms with van der Waals surface area (Å²) in [7, 11) is 1.97. The fourth-order valence-electron chi connectivity index (χ4n) is 5.84. The third-order valence-corrected chi connectivity index (χ3v) is 8.65. The summed E-state index contributed by atoms with van der Waals surface area (Å²) in [4.78, 5) is 26.1. The lowest BCUT2D eigenvalue weighted by Gasteiger charge is -2.43. The van der Waals surface area contributed by atoms with Crippen LogP contribution in [0.15, 0.2) is 66.5 Å². The Labute approximate surface area is 260 Å². The van der Waals surface area contributed by atoms with Crippen LogP contribution in [0.4, 0.5) is 10.2 Å². The number of hydrogen-bond donors (Lipinski definition) is 1. The van der Waals surface area contributed by atoms with Gasteiger partial charge >= 0.3 is 0 Å². The molecule has 1 amide bonds. The summed E-state index contributed by atoms with van der Waals surface area (Å²) in [6.07, 6.45) is 4.48. The highest BCUT2D eigenvalue weighted by molar-refractivity contribution is 5.99. The predicted octanol–water partition coefficient (Wildman–Crippen LogP) is 4.73. The van der Waals surface area contributed by atoms with E-state index in [2.05, 4.69) is 20.9 Å². The number of halogens is 1. The van der Waals surface area contributed by atoms with E-state index in [-0.39, 0.29) is 34.9 Å². The Hall–Kier alpha value is -4.86. The molecule has 0 bridgehead atoms. The van der Waals surface area contributed by atoms with Gasteiger partial charge in [0, 0.05) is 30.3 Å². The van der Waals surface area contributed by atoms with Crippen LogP contribution in [-0.2, 0) is 9.53 Å². The fraction of sp³-hybridized carbons (Fsp3) is 0.364. The van der Waals surface area contributed by atoms with E-state index in [1.165, 1.54) is 12.4 Å². The molecule has 1 atom stereocenters. The highest BCUT2D eigenvalue weighted by atomic mass is 19.1. The van der Waals surface area contributed by atoms with E-state index in [0.717, 1.165) is 0 Å². The maximum Gasteiger partial charge on any atom is 0.264 e. The van der Waals surface area contributed by atoms with Crippen LogP contribution >= 0.6 is 0 Å². The van der Waals surface area contributed by atoms with E-state index < -0.39 is 11.4 Å². The molecule has 12 heteroatoms. The molecule has 0 radical (unpaired) electrons. The molecule has 2 aromatic carbocycles. The van der Waals surface area contributed by atoms with Crippen molar-refractivity contribution in [2.45, 2.75) is 44.3 Å². The number of ether oxygens (including phenoxy) is 2. The molecule has 4 aromatic rings. The summed E-state index contributed by atoms with van der Waals surface area (Å²) >= 11 is 0. The number of aromatic nitrogens is 4. The topological polar surface area (TPSA) is 135 Å². The Kier molecular flexibility index (Phi) is 8.22. The molecule has 4 heterocycles. The van der Waals surface area contributed by atoms with Gasteiger partial charge in [0.2, 0.25) is 0 Å². The van der Waals surface area contributed by atoms with E-state index in [0.29, 0.717) is 67.4 Å². The van der Waals surface area contributed by atoms with Gasteiger partial charge in [0.15, 0.2) is 5.65 Å². The largest absolute Gasteiger partial charge is 0.457 e. The van der Waals surface area contributed by atoms with Crippen LogP contribution in [0.5, 0.6) is 11.5 Å². The molecular formula is C33H35FN8O3. The number of para-hydroxylation sites is 1. The van der Waals surface area contributed by atoms with Crippen molar-refractivity contribution in [1.82, 2.24) is 29.5 Å². The first-order chi connectivity index (χ1) is 21.7. The molecule has 232 valence electrons. The van der Waals surface area contributed by atoms with Crippen LogP contribution in [-0.4, -0.2) is 80.4 Å². The summed E-state index contributed by atoms with van der Waals surface area (Å²) in [5, 5.41) is 15.2. The number of carbonyl (C=O) groups is 1. The van der Waals surface area contributed by atoms with Crippen molar-refractivity contribution in [1.29, 1.82) is 5.26 Å². The Morgan fingerprint density at radius 1 is 1.20 bits per heavy atom. The number of hydrogen-bond acceptors (Lipinski definition) is 9. The van der Waals surface area contributed by atoms with E-state index >= 15 is 4.39 Å². The summed E-state index contributed by atoms with van der Waals surface area (Å²) < 4.78 is 28.4. The van der Waals surface area contributed by atoms with Gasteiger partial charge in [-0.3, -0.25) is 9.69 Å². The Morgan fingerprint density at radius 3 is 2.67 bits per heavy atom. The number of rotatable bonds is 8. The molecule has 0 saturated carbocycles. The van der Waals surface area contributed by atoms with Gasteiger partial charge in [-0.2, -0.15) is 10.4 Å². The molecule has 2 aliphatic rings. The Morgan fingerprint density at radius 2 is 1.98 bits per heavy atom. The average Bonchev–Trinajstić information content (AvgIpc) is 3.40. The molecule has 11 nitrogen and oxygen atoms in total. The van der Waals surface area contributed by atoms with Gasteiger partial charge < -0.3 is 20.1 Å².